The monoisotopic (exact) mass is 312 g/mol. The molecule has 0 aliphatic carbocycles. The van der Waals surface area contributed by atoms with Gasteiger partial charge in [-0.05, 0) is 36.0 Å². The fraction of sp³-hybridized carbons (Fsp3) is 0.500. The van der Waals surface area contributed by atoms with Crippen molar-refractivity contribution in [2.75, 3.05) is 20.1 Å². The lowest BCUT2D eigenvalue weighted by Gasteiger charge is -2.05. The van der Waals surface area contributed by atoms with E-state index >= 15 is 0 Å². The van der Waals surface area contributed by atoms with E-state index in [-0.39, 0.29) is 0 Å². The molecule has 0 saturated heterocycles. The van der Waals surface area contributed by atoms with Crippen LogP contribution in [0.5, 0.6) is 0 Å². The van der Waals surface area contributed by atoms with Gasteiger partial charge in [-0.1, -0.05) is 0 Å². The topological polar surface area (TPSA) is 58.2 Å². The number of halogens is 1. The average Bonchev–Trinajstić information content (AvgIpc) is 2.46. The molecule has 1 aromatic heterocycles. The molecule has 0 spiro atoms. The van der Waals surface area contributed by atoms with Gasteiger partial charge in [0.15, 0.2) is 0 Å². The summed E-state index contributed by atoms with van der Waals surface area (Å²) in [5, 5.41) is 2.88. The van der Waals surface area contributed by atoms with E-state index in [4.69, 9.17) is 0 Å². The van der Waals surface area contributed by atoms with Gasteiger partial charge in [-0.3, -0.25) is 0 Å². The molecule has 1 heterocycles. The smallest absolute Gasteiger partial charge is 0.241 e. The second-order valence-corrected chi connectivity index (χ2v) is 7.34. The van der Waals surface area contributed by atoms with Gasteiger partial charge in [-0.15, -0.1) is 11.3 Å². The van der Waals surface area contributed by atoms with E-state index in [9.17, 15) is 8.42 Å². The van der Waals surface area contributed by atoms with Crippen molar-refractivity contribution in [2.24, 2.45) is 0 Å². The maximum Gasteiger partial charge on any atom is 0.241 e. The number of hydrogen-bond donors (Lipinski definition) is 2. The standard InChI is InChI=1S/C8H13BrN2O2S2/c1-6-7(5-8(9)14-6)15(12,13)11-4-3-10-2/h5,10-11H,3-4H2,1-2H3. The third-order valence-electron chi connectivity index (χ3n) is 1.80. The van der Waals surface area contributed by atoms with E-state index in [1.807, 2.05) is 0 Å². The van der Waals surface area contributed by atoms with E-state index in [1.54, 1.807) is 20.0 Å². The van der Waals surface area contributed by atoms with Crippen LogP contribution in [0.1, 0.15) is 4.88 Å². The zero-order valence-electron chi connectivity index (χ0n) is 8.50. The normalized spacial score (nSPS) is 11.9. The highest BCUT2D eigenvalue weighted by Gasteiger charge is 2.18. The summed E-state index contributed by atoms with van der Waals surface area (Å²) >= 11 is 4.69. The van der Waals surface area contributed by atoms with Gasteiger partial charge >= 0.3 is 0 Å². The Hall–Kier alpha value is 0.0500. The highest BCUT2D eigenvalue weighted by molar-refractivity contribution is 9.11. The van der Waals surface area contributed by atoms with Gasteiger partial charge in [0, 0.05) is 18.0 Å². The van der Waals surface area contributed by atoms with Crippen LogP contribution in [0.3, 0.4) is 0 Å². The molecule has 0 aliphatic heterocycles. The molecule has 0 bridgehead atoms. The van der Waals surface area contributed by atoms with Crippen molar-refractivity contribution in [1.82, 2.24) is 10.0 Å². The third-order valence-corrected chi connectivity index (χ3v) is 5.07. The first kappa shape index (κ1) is 13.1. The van der Waals surface area contributed by atoms with Crippen LogP contribution < -0.4 is 10.0 Å². The highest BCUT2D eigenvalue weighted by atomic mass is 79.9. The Morgan fingerprint density at radius 2 is 2.13 bits per heavy atom. The predicted octanol–water partition coefficient (Wildman–Crippen LogP) is 1.32. The predicted molar refractivity (Wildman–Crippen MR) is 65.9 cm³/mol. The number of nitrogens with one attached hydrogen (secondary N) is 2. The third kappa shape index (κ3) is 3.53. The van der Waals surface area contributed by atoms with Gasteiger partial charge in [0.25, 0.3) is 0 Å². The van der Waals surface area contributed by atoms with E-state index in [0.717, 1.165) is 8.66 Å². The minimum absolute atomic E-state index is 0.357. The molecule has 0 atom stereocenters. The first-order chi connectivity index (χ1) is 6.97. The maximum absolute atomic E-state index is 11.8. The fourth-order valence-electron chi connectivity index (χ4n) is 1.09. The Kier molecular flexibility index (Phi) is 4.72. The molecule has 1 aromatic rings. The summed E-state index contributed by atoms with van der Waals surface area (Å²) in [6.45, 7) is 2.80. The summed E-state index contributed by atoms with van der Waals surface area (Å²) in [4.78, 5) is 1.15. The SMILES string of the molecule is CNCCNS(=O)(=O)c1cc(Br)sc1C. The van der Waals surface area contributed by atoms with Crippen LogP contribution in [-0.4, -0.2) is 28.6 Å². The van der Waals surface area contributed by atoms with E-state index < -0.39 is 10.0 Å². The Bertz CT molecular complexity index is 428. The summed E-state index contributed by atoms with van der Waals surface area (Å²) in [7, 11) is -1.57. The molecule has 0 amide bonds. The zero-order chi connectivity index (χ0) is 11.5. The molecule has 1 rings (SSSR count). The molecule has 0 radical (unpaired) electrons. The van der Waals surface area contributed by atoms with Crippen molar-refractivity contribution in [3.05, 3.63) is 14.7 Å². The van der Waals surface area contributed by atoms with Crippen molar-refractivity contribution in [3.63, 3.8) is 0 Å². The molecule has 4 nitrogen and oxygen atoms in total. The summed E-state index contributed by atoms with van der Waals surface area (Å²) in [5.74, 6) is 0. The molecule has 86 valence electrons. The number of thiophene rings is 1. The van der Waals surface area contributed by atoms with Gasteiger partial charge in [-0.25, -0.2) is 13.1 Å². The molecule has 15 heavy (non-hydrogen) atoms. The molecule has 2 N–H and O–H groups in total. The van der Waals surface area contributed by atoms with Crippen molar-refractivity contribution >= 4 is 37.3 Å². The second-order valence-electron chi connectivity index (χ2n) is 2.97. The van der Waals surface area contributed by atoms with Crippen LogP contribution in [0, 0.1) is 6.92 Å². The summed E-state index contributed by atoms with van der Waals surface area (Å²) in [5.41, 5.74) is 0. The van der Waals surface area contributed by atoms with Crippen molar-refractivity contribution < 1.29 is 8.42 Å². The average molecular weight is 313 g/mol. The molecule has 0 aliphatic rings. The van der Waals surface area contributed by atoms with E-state index in [1.165, 1.54) is 11.3 Å². The minimum atomic E-state index is -3.35. The molecule has 0 unspecified atom stereocenters. The second kappa shape index (κ2) is 5.40. The number of likely N-dealkylation sites (N-methyl/N-ethyl adjacent to an activating group) is 1. The Morgan fingerprint density at radius 1 is 1.47 bits per heavy atom. The summed E-state index contributed by atoms with van der Waals surface area (Å²) in [6.07, 6.45) is 0. The van der Waals surface area contributed by atoms with Crippen LogP contribution in [0.2, 0.25) is 0 Å². The summed E-state index contributed by atoms with van der Waals surface area (Å²) in [6, 6.07) is 1.63. The molecular weight excluding hydrogens is 300 g/mol. The number of hydrogen-bond acceptors (Lipinski definition) is 4. The number of rotatable bonds is 5. The lowest BCUT2D eigenvalue weighted by molar-refractivity contribution is 0.579. The molecular formula is C8H13BrN2O2S2. The first-order valence-corrected chi connectivity index (χ1v) is 7.47. The highest BCUT2D eigenvalue weighted by Crippen LogP contribution is 2.29. The van der Waals surface area contributed by atoms with Crippen LogP contribution in [0.4, 0.5) is 0 Å². The zero-order valence-corrected chi connectivity index (χ0v) is 11.7. The van der Waals surface area contributed by atoms with Crippen molar-refractivity contribution in [2.45, 2.75) is 11.8 Å². The quantitative estimate of drug-likeness (QED) is 0.806. The van der Waals surface area contributed by atoms with Gasteiger partial charge in [-0.2, -0.15) is 0 Å². The fourth-order valence-corrected chi connectivity index (χ4v) is 4.53. The Morgan fingerprint density at radius 3 is 2.60 bits per heavy atom. The molecule has 0 fully saturated rings. The van der Waals surface area contributed by atoms with Gasteiger partial charge < -0.3 is 5.32 Å². The summed E-state index contributed by atoms with van der Waals surface area (Å²) < 4.78 is 26.9. The number of sulfonamides is 1. The van der Waals surface area contributed by atoms with Crippen molar-refractivity contribution in [3.8, 4) is 0 Å². The molecule has 7 heteroatoms. The maximum atomic E-state index is 11.8. The van der Waals surface area contributed by atoms with E-state index in [0.29, 0.717) is 18.0 Å². The van der Waals surface area contributed by atoms with Gasteiger partial charge in [0.2, 0.25) is 10.0 Å². The molecule has 0 saturated carbocycles. The van der Waals surface area contributed by atoms with Crippen LogP contribution in [0.25, 0.3) is 0 Å². The largest absolute Gasteiger partial charge is 0.318 e. The Labute approximate surface area is 102 Å². The first-order valence-electron chi connectivity index (χ1n) is 4.37. The van der Waals surface area contributed by atoms with Crippen molar-refractivity contribution in [1.29, 1.82) is 0 Å². The lowest BCUT2D eigenvalue weighted by Crippen LogP contribution is -2.30. The lowest BCUT2D eigenvalue weighted by atomic mass is 10.5. The van der Waals surface area contributed by atoms with Crippen LogP contribution >= 0.6 is 27.3 Å². The Balaban J connectivity index is 2.82. The number of aryl methyl sites for hydroxylation is 1. The molecule has 0 aromatic carbocycles. The van der Waals surface area contributed by atoms with Crippen LogP contribution in [-0.2, 0) is 10.0 Å². The van der Waals surface area contributed by atoms with Gasteiger partial charge in [0.1, 0.15) is 0 Å². The van der Waals surface area contributed by atoms with Crippen LogP contribution in [0.15, 0.2) is 14.7 Å². The van der Waals surface area contributed by atoms with E-state index in [2.05, 4.69) is 26.0 Å². The van der Waals surface area contributed by atoms with Gasteiger partial charge in [0.05, 0.1) is 8.68 Å². The minimum Gasteiger partial charge on any atom is -0.318 e.